The van der Waals surface area contributed by atoms with Gasteiger partial charge in [-0.25, -0.2) is 0 Å². The molecule has 0 aliphatic heterocycles. The third kappa shape index (κ3) is 32.1. The van der Waals surface area contributed by atoms with Crippen LogP contribution in [0.2, 0.25) is 0 Å². The van der Waals surface area contributed by atoms with Crippen molar-refractivity contribution in [1.29, 1.82) is 0 Å². The van der Waals surface area contributed by atoms with E-state index >= 15 is 0 Å². The highest BCUT2D eigenvalue weighted by Crippen LogP contribution is 2.15. The molecule has 0 aromatic carbocycles. The smallest absolute Gasteiger partial charge is 0.306 e. The Labute approximate surface area is 257 Å². The predicted octanol–water partition coefficient (Wildman–Crippen LogP) is 11.2. The highest BCUT2D eigenvalue weighted by molar-refractivity contribution is 7.09. The lowest BCUT2D eigenvalue weighted by Gasteiger charge is -2.17. The summed E-state index contributed by atoms with van der Waals surface area (Å²) in [5.74, 6) is -0.443. The van der Waals surface area contributed by atoms with Crippen molar-refractivity contribution in [2.24, 2.45) is 0 Å². The fraction of sp³-hybridized carbons (Fsp3) is 0.943. The molecule has 0 rings (SSSR count). The Kier molecular flexibility index (Phi) is 33.3. The van der Waals surface area contributed by atoms with E-state index in [-0.39, 0.29) is 25.2 Å². The third-order valence-corrected chi connectivity index (χ3v) is 8.17. The van der Waals surface area contributed by atoms with Crippen LogP contribution in [0, 0.1) is 0 Å². The minimum absolute atomic E-state index is 0.0653. The van der Waals surface area contributed by atoms with E-state index in [1.807, 2.05) is 0 Å². The molecule has 0 aliphatic rings. The highest BCUT2D eigenvalue weighted by Gasteiger charge is 2.17. The van der Waals surface area contributed by atoms with Crippen molar-refractivity contribution in [2.45, 2.75) is 200 Å². The van der Waals surface area contributed by atoms with Crippen LogP contribution >= 0.6 is 9.47 Å². The van der Waals surface area contributed by atoms with Gasteiger partial charge < -0.3 is 14.0 Å². The number of ether oxygens (including phenoxy) is 2. The first-order chi connectivity index (χ1) is 20.1. The van der Waals surface area contributed by atoms with Crippen molar-refractivity contribution >= 4 is 21.4 Å². The zero-order chi connectivity index (χ0) is 30.1. The van der Waals surface area contributed by atoms with Gasteiger partial charge in [-0.1, -0.05) is 168 Å². The van der Waals surface area contributed by atoms with Crippen molar-refractivity contribution in [3.63, 3.8) is 0 Å². The maximum Gasteiger partial charge on any atom is 0.306 e. The van der Waals surface area contributed by atoms with E-state index in [0.29, 0.717) is 12.8 Å². The first-order valence-electron chi connectivity index (χ1n) is 17.8. The molecular formula is C35H69O5P. The zero-order valence-corrected chi connectivity index (χ0v) is 28.6. The Morgan fingerprint density at radius 1 is 0.463 bits per heavy atom. The number of carbonyl (C=O) groups is 2. The van der Waals surface area contributed by atoms with Gasteiger partial charge in [0.25, 0.3) is 0 Å². The summed E-state index contributed by atoms with van der Waals surface area (Å²) in [6, 6.07) is 0. The van der Waals surface area contributed by atoms with E-state index in [2.05, 4.69) is 23.3 Å². The second kappa shape index (κ2) is 33.8. The fourth-order valence-electron chi connectivity index (χ4n) is 5.30. The maximum absolute atomic E-state index is 12.3. The van der Waals surface area contributed by atoms with E-state index in [0.717, 1.165) is 25.7 Å². The molecule has 0 spiro atoms. The Morgan fingerprint density at radius 3 is 1.12 bits per heavy atom. The number of carbonyl (C=O) groups excluding carboxylic acids is 2. The third-order valence-electron chi connectivity index (χ3n) is 7.98. The van der Waals surface area contributed by atoms with Crippen LogP contribution in [0.4, 0.5) is 0 Å². The molecule has 1 unspecified atom stereocenters. The van der Waals surface area contributed by atoms with Crippen LogP contribution < -0.4 is 0 Å². The summed E-state index contributed by atoms with van der Waals surface area (Å²) in [6.45, 7) is 4.80. The van der Waals surface area contributed by atoms with Gasteiger partial charge in [0.1, 0.15) is 6.61 Å². The molecule has 5 nitrogen and oxygen atoms in total. The highest BCUT2D eigenvalue weighted by atomic mass is 31.0. The van der Waals surface area contributed by atoms with Crippen molar-refractivity contribution in [1.82, 2.24) is 0 Å². The van der Waals surface area contributed by atoms with Gasteiger partial charge >= 0.3 is 11.9 Å². The first kappa shape index (κ1) is 40.3. The van der Waals surface area contributed by atoms with Gasteiger partial charge in [-0.2, -0.15) is 0 Å². The standard InChI is InChI=1S/C35H69O5P/c1-3-5-7-9-11-13-15-16-17-18-20-22-24-26-28-30-35(37)40-33(32-39-41)31-38-34(36)29-27-25-23-21-19-14-12-10-8-6-4-2/h33H,3-32,41H2,1-2H3/t33-/m1/s1. The number of unbranched alkanes of at least 4 members (excludes halogenated alkanes) is 24. The minimum Gasteiger partial charge on any atom is -0.462 e. The van der Waals surface area contributed by atoms with E-state index in [1.165, 1.54) is 141 Å². The summed E-state index contributed by atoms with van der Waals surface area (Å²) in [6.07, 6.45) is 33.6. The lowest BCUT2D eigenvalue weighted by atomic mass is 10.0. The van der Waals surface area contributed by atoms with Gasteiger partial charge in [0.15, 0.2) is 6.10 Å². The van der Waals surface area contributed by atoms with Crippen LogP contribution in [-0.2, 0) is 23.6 Å². The Morgan fingerprint density at radius 2 is 0.780 bits per heavy atom. The molecule has 0 N–H and O–H groups in total. The number of hydrogen-bond acceptors (Lipinski definition) is 5. The molecular weight excluding hydrogens is 531 g/mol. The van der Waals surface area contributed by atoms with Crippen LogP contribution in [0.5, 0.6) is 0 Å². The average molecular weight is 601 g/mol. The second-order valence-corrected chi connectivity index (χ2v) is 12.4. The second-order valence-electron chi connectivity index (χ2n) is 12.1. The summed E-state index contributed by atoms with van der Waals surface area (Å²) >= 11 is 0. The molecule has 0 aromatic rings. The largest absolute Gasteiger partial charge is 0.462 e. The molecule has 0 bridgehead atoms. The lowest BCUT2D eigenvalue weighted by Crippen LogP contribution is -2.28. The van der Waals surface area contributed by atoms with Crippen LogP contribution in [-0.4, -0.2) is 31.3 Å². The van der Waals surface area contributed by atoms with E-state index in [4.69, 9.17) is 14.0 Å². The van der Waals surface area contributed by atoms with Crippen LogP contribution in [0.15, 0.2) is 0 Å². The summed E-state index contributed by atoms with van der Waals surface area (Å²) < 4.78 is 16.0. The van der Waals surface area contributed by atoms with Crippen molar-refractivity contribution < 1.29 is 23.6 Å². The molecule has 0 amide bonds. The molecule has 0 aliphatic carbocycles. The van der Waals surface area contributed by atoms with Gasteiger partial charge in [-0.3, -0.25) is 9.59 Å². The summed E-state index contributed by atoms with van der Waals surface area (Å²) in [5, 5.41) is 0. The molecule has 0 heterocycles. The molecule has 0 aromatic heterocycles. The molecule has 0 saturated heterocycles. The van der Waals surface area contributed by atoms with Gasteiger partial charge in [0.2, 0.25) is 0 Å². The average Bonchev–Trinajstić information content (AvgIpc) is 2.96. The fourth-order valence-corrected chi connectivity index (χ4v) is 5.52. The molecule has 6 heteroatoms. The van der Waals surface area contributed by atoms with E-state index < -0.39 is 6.10 Å². The van der Waals surface area contributed by atoms with E-state index in [9.17, 15) is 9.59 Å². The molecule has 244 valence electrons. The molecule has 0 radical (unpaired) electrons. The van der Waals surface area contributed by atoms with Gasteiger partial charge in [-0.15, -0.1) is 0 Å². The van der Waals surface area contributed by atoms with E-state index in [1.54, 1.807) is 0 Å². The Bertz CT molecular complexity index is 557. The van der Waals surface area contributed by atoms with Crippen LogP contribution in [0.25, 0.3) is 0 Å². The van der Waals surface area contributed by atoms with Crippen LogP contribution in [0.3, 0.4) is 0 Å². The molecule has 41 heavy (non-hydrogen) atoms. The molecule has 0 fully saturated rings. The van der Waals surface area contributed by atoms with Crippen molar-refractivity contribution in [3.8, 4) is 0 Å². The predicted molar refractivity (Wildman–Crippen MR) is 177 cm³/mol. The maximum atomic E-state index is 12.3. The Hall–Kier alpha value is -0.670. The van der Waals surface area contributed by atoms with Crippen molar-refractivity contribution in [2.75, 3.05) is 13.2 Å². The molecule has 2 atom stereocenters. The first-order valence-corrected chi connectivity index (χ1v) is 18.3. The van der Waals surface area contributed by atoms with Crippen molar-refractivity contribution in [3.05, 3.63) is 0 Å². The quantitative estimate of drug-likeness (QED) is 0.0426. The van der Waals surface area contributed by atoms with Crippen LogP contribution in [0.1, 0.15) is 194 Å². The monoisotopic (exact) mass is 600 g/mol. The zero-order valence-electron chi connectivity index (χ0n) is 27.4. The van der Waals surface area contributed by atoms with Gasteiger partial charge in [0, 0.05) is 22.3 Å². The summed E-state index contributed by atoms with van der Waals surface area (Å²) in [7, 11) is 2.18. The number of esters is 2. The number of rotatable bonds is 33. The molecule has 0 saturated carbocycles. The van der Waals surface area contributed by atoms with Gasteiger partial charge in [0.05, 0.1) is 6.61 Å². The SMILES string of the molecule is CCCCCCCCCCCCCCCCCC(=O)O[C@@H](COP)COC(=O)CCCCCCCCCCCCC. The number of hydrogen-bond donors (Lipinski definition) is 0. The lowest BCUT2D eigenvalue weighted by molar-refractivity contribution is -0.160. The summed E-state index contributed by atoms with van der Waals surface area (Å²) in [5.41, 5.74) is 0. The topological polar surface area (TPSA) is 61.8 Å². The summed E-state index contributed by atoms with van der Waals surface area (Å²) in [4.78, 5) is 24.4. The van der Waals surface area contributed by atoms with Gasteiger partial charge in [-0.05, 0) is 12.8 Å². The minimum atomic E-state index is -0.544. The Balaban J connectivity index is 3.63. The normalized spacial score (nSPS) is 12.0.